The predicted molar refractivity (Wildman–Crippen MR) is 82.3 cm³/mol. The van der Waals surface area contributed by atoms with Crippen LogP contribution >= 0.6 is 0 Å². The standard InChI is InChI=1S/C17H21NO2/c1-4-14(13-7-5-6-8-16(13)19)18-15-10-9-11(2)17(20)12(15)3/h5-10,14,18-20H,4H2,1-3H3. The van der Waals surface area contributed by atoms with Crippen LogP contribution in [0.1, 0.15) is 36.1 Å². The molecular formula is C17H21NO2. The van der Waals surface area contributed by atoms with Gasteiger partial charge in [0.2, 0.25) is 0 Å². The summed E-state index contributed by atoms with van der Waals surface area (Å²) in [5.41, 5.74) is 3.46. The fourth-order valence-electron chi connectivity index (χ4n) is 2.36. The van der Waals surface area contributed by atoms with Gasteiger partial charge in [0.1, 0.15) is 11.5 Å². The molecule has 0 bridgehead atoms. The van der Waals surface area contributed by atoms with E-state index in [4.69, 9.17) is 0 Å². The monoisotopic (exact) mass is 271 g/mol. The quantitative estimate of drug-likeness (QED) is 0.778. The molecule has 0 aromatic heterocycles. The van der Waals surface area contributed by atoms with Crippen LogP contribution in [0.25, 0.3) is 0 Å². The van der Waals surface area contributed by atoms with Crippen LogP contribution in [0.3, 0.4) is 0 Å². The molecule has 0 spiro atoms. The minimum atomic E-state index is 0.0111. The van der Waals surface area contributed by atoms with Gasteiger partial charge >= 0.3 is 0 Å². The maximum Gasteiger partial charge on any atom is 0.123 e. The topological polar surface area (TPSA) is 52.5 Å². The maximum absolute atomic E-state index is 10.0. The van der Waals surface area contributed by atoms with Crippen LogP contribution in [-0.2, 0) is 0 Å². The first-order valence-electron chi connectivity index (χ1n) is 6.88. The van der Waals surface area contributed by atoms with E-state index < -0.39 is 0 Å². The molecule has 0 aliphatic heterocycles. The zero-order valence-corrected chi connectivity index (χ0v) is 12.1. The summed E-state index contributed by atoms with van der Waals surface area (Å²) in [6, 6.07) is 11.2. The van der Waals surface area contributed by atoms with Crippen LogP contribution in [0.2, 0.25) is 0 Å². The molecule has 1 unspecified atom stereocenters. The van der Waals surface area contributed by atoms with Crippen molar-refractivity contribution in [1.29, 1.82) is 0 Å². The molecule has 0 radical (unpaired) electrons. The Kier molecular flexibility index (Phi) is 4.18. The van der Waals surface area contributed by atoms with Gasteiger partial charge in [-0.2, -0.15) is 0 Å². The van der Waals surface area contributed by atoms with E-state index in [0.717, 1.165) is 28.8 Å². The van der Waals surface area contributed by atoms with Crippen LogP contribution in [0.5, 0.6) is 11.5 Å². The first-order valence-corrected chi connectivity index (χ1v) is 6.88. The molecule has 0 amide bonds. The molecule has 0 aliphatic rings. The SMILES string of the molecule is CCC(Nc1ccc(C)c(O)c1C)c1ccccc1O. The summed E-state index contributed by atoms with van der Waals surface area (Å²) >= 11 is 0. The van der Waals surface area contributed by atoms with Crippen molar-refractivity contribution in [3.8, 4) is 11.5 Å². The smallest absolute Gasteiger partial charge is 0.123 e. The zero-order valence-electron chi connectivity index (χ0n) is 12.1. The number of anilines is 1. The van der Waals surface area contributed by atoms with E-state index in [1.807, 2.05) is 44.2 Å². The van der Waals surface area contributed by atoms with Crippen molar-refractivity contribution >= 4 is 5.69 Å². The lowest BCUT2D eigenvalue weighted by Gasteiger charge is -2.21. The Morgan fingerprint density at radius 2 is 1.75 bits per heavy atom. The van der Waals surface area contributed by atoms with Crippen LogP contribution in [0.4, 0.5) is 5.69 Å². The van der Waals surface area contributed by atoms with Gasteiger partial charge in [-0.15, -0.1) is 0 Å². The lowest BCUT2D eigenvalue weighted by atomic mass is 10.0. The summed E-state index contributed by atoms with van der Waals surface area (Å²) < 4.78 is 0. The van der Waals surface area contributed by atoms with E-state index in [1.165, 1.54) is 0 Å². The number of rotatable bonds is 4. The molecular weight excluding hydrogens is 250 g/mol. The number of phenols is 2. The summed E-state index contributed by atoms with van der Waals surface area (Å²) in [7, 11) is 0. The van der Waals surface area contributed by atoms with Gasteiger partial charge in [-0.25, -0.2) is 0 Å². The van der Waals surface area contributed by atoms with Crippen LogP contribution in [-0.4, -0.2) is 10.2 Å². The molecule has 2 aromatic rings. The molecule has 0 fully saturated rings. The average molecular weight is 271 g/mol. The number of para-hydroxylation sites is 1. The number of aryl methyl sites for hydroxylation is 1. The first kappa shape index (κ1) is 14.3. The van der Waals surface area contributed by atoms with Crippen molar-refractivity contribution in [2.45, 2.75) is 33.2 Å². The predicted octanol–water partition coefficient (Wildman–Crippen LogP) is 4.28. The van der Waals surface area contributed by atoms with Gasteiger partial charge in [0, 0.05) is 16.8 Å². The highest BCUT2D eigenvalue weighted by Crippen LogP contribution is 2.33. The second-order valence-corrected chi connectivity index (χ2v) is 5.07. The third-order valence-corrected chi connectivity index (χ3v) is 3.68. The molecule has 20 heavy (non-hydrogen) atoms. The van der Waals surface area contributed by atoms with Gasteiger partial charge in [0.15, 0.2) is 0 Å². The van der Waals surface area contributed by atoms with Gasteiger partial charge < -0.3 is 15.5 Å². The largest absolute Gasteiger partial charge is 0.508 e. The van der Waals surface area contributed by atoms with E-state index in [9.17, 15) is 10.2 Å². The minimum Gasteiger partial charge on any atom is -0.508 e. The molecule has 2 aromatic carbocycles. The summed E-state index contributed by atoms with van der Waals surface area (Å²) in [5.74, 6) is 0.614. The fourth-order valence-corrected chi connectivity index (χ4v) is 2.36. The van der Waals surface area contributed by atoms with Gasteiger partial charge in [-0.05, 0) is 38.0 Å². The van der Waals surface area contributed by atoms with E-state index in [1.54, 1.807) is 6.07 Å². The van der Waals surface area contributed by atoms with Crippen LogP contribution in [0, 0.1) is 13.8 Å². The number of benzene rings is 2. The molecule has 3 N–H and O–H groups in total. The number of aromatic hydroxyl groups is 2. The summed E-state index contributed by atoms with van der Waals surface area (Å²) in [6.07, 6.45) is 0.839. The molecule has 0 heterocycles. The number of hydrogen-bond acceptors (Lipinski definition) is 3. The molecule has 0 saturated carbocycles. The van der Waals surface area contributed by atoms with Crippen molar-refractivity contribution in [2.75, 3.05) is 5.32 Å². The van der Waals surface area contributed by atoms with Crippen LogP contribution in [0.15, 0.2) is 36.4 Å². The Morgan fingerprint density at radius 3 is 2.40 bits per heavy atom. The third-order valence-electron chi connectivity index (χ3n) is 3.68. The normalized spacial score (nSPS) is 12.2. The maximum atomic E-state index is 10.0. The number of hydrogen-bond donors (Lipinski definition) is 3. The van der Waals surface area contributed by atoms with E-state index in [0.29, 0.717) is 11.5 Å². The lowest BCUT2D eigenvalue weighted by molar-refractivity contribution is 0.462. The van der Waals surface area contributed by atoms with E-state index in [2.05, 4.69) is 12.2 Å². The number of phenolic OH excluding ortho intramolecular Hbond substituents is 2. The van der Waals surface area contributed by atoms with Gasteiger partial charge in [0.25, 0.3) is 0 Å². The Morgan fingerprint density at radius 1 is 1.05 bits per heavy atom. The van der Waals surface area contributed by atoms with E-state index >= 15 is 0 Å². The molecule has 2 rings (SSSR count). The Hall–Kier alpha value is -2.16. The molecule has 3 nitrogen and oxygen atoms in total. The second-order valence-electron chi connectivity index (χ2n) is 5.07. The van der Waals surface area contributed by atoms with Gasteiger partial charge in [-0.3, -0.25) is 0 Å². The highest BCUT2D eigenvalue weighted by molar-refractivity contribution is 5.60. The molecule has 1 atom stereocenters. The van der Waals surface area contributed by atoms with Crippen molar-refractivity contribution in [3.63, 3.8) is 0 Å². The van der Waals surface area contributed by atoms with Crippen molar-refractivity contribution < 1.29 is 10.2 Å². The lowest BCUT2D eigenvalue weighted by Crippen LogP contribution is -2.11. The number of nitrogens with one attached hydrogen (secondary N) is 1. The summed E-state index contributed by atoms with van der Waals surface area (Å²) in [4.78, 5) is 0. The van der Waals surface area contributed by atoms with Gasteiger partial charge in [-0.1, -0.05) is 31.2 Å². The molecule has 3 heteroatoms. The highest BCUT2D eigenvalue weighted by atomic mass is 16.3. The Bertz CT molecular complexity index is 608. The molecule has 106 valence electrons. The summed E-state index contributed by atoms with van der Waals surface area (Å²) in [5, 5.41) is 23.4. The highest BCUT2D eigenvalue weighted by Gasteiger charge is 2.15. The summed E-state index contributed by atoms with van der Waals surface area (Å²) in [6.45, 7) is 5.84. The van der Waals surface area contributed by atoms with Crippen molar-refractivity contribution in [3.05, 3.63) is 53.1 Å². The Balaban J connectivity index is 2.32. The third kappa shape index (κ3) is 2.72. The zero-order chi connectivity index (χ0) is 14.7. The van der Waals surface area contributed by atoms with Crippen molar-refractivity contribution in [2.24, 2.45) is 0 Å². The average Bonchev–Trinajstić information content (AvgIpc) is 2.45. The fraction of sp³-hybridized carbons (Fsp3) is 0.294. The van der Waals surface area contributed by atoms with Crippen LogP contribution < -0.4 is 5.32 Å². The van der Waals surface area contributed by atoms with Gasteiger partial charge in [0.05, 0.1) is 6.04 Å². The Labute approximate surface area is 119 Å². The molecule has 0 saturated heterocycles. The minimum absolute atomic E-state index is 0.0111. The van der Waals surface area contributed by atoms with E-state index in [-0.39, 0.29) is 6.04 Å². The van der Waals surface area contributed by atoms with Crippen molar-refractivity contribution in [1.82, 2.24) is 0 Å². The first-order chi connectivity index (χ1) is 9.54. The second kappa shape index (κ2) is 5.87. The molecule has 0 aliphatic carbocycles.